The minimum absolute atomic E-state index is 0.104. The van der Waals surface area contributed by atoms with Crippen LogP contribution in [0.2, 0.25) is 0 Å². The van der Waals surface area contributed by atoms with Crippen LogP contribution in [0.1, 0.15) is 11.1 Å². The lowest BCUT2D eigenvalue weighted by Crippen LogP contribution is -2.31. The standard InChI is InChI=1S/C16H13F3N2O2S/c17-16(18,19)14-7-4-8-15(11-14)24(22,23)21(10-9-20)12-13-5-2-1-3-6-13/h1-8,11H,10,12H2. The molecule has 0 spiro atoms. The molecule has 8 heteroatoms. The lowest BCUT2D eigenvalue weighted by molar-refractivity contribution is -0.137. The van der Waals surface area contributed by atoms with Gasteiger partial charge < -0.3 is 0 Å². The molecule has 0 unspecified atom stereocenters. The Bertz CT molecular complexity index is 844. The molecule has 0 aliphatic rings. The van der Waals surface area contributed by atoms with Crippen molar-refractivity contribution in [3.05, 3.63) is 65.7 Å². The molecular weight excluding hydrogens is 341 g/mol. The maximum Gasteiger partial charge on any atom is 0.416 e. The zero-order valence-corrected chi connectivity index (χ0v) is 13.2. The van der Waals surface area contributed by atoms with Gasteiger partial charge in [0.1, 0.15) is 6.54 Å². The topological polar surface area (TPSA) is 61.2 Å². The number of nitriles is 1. The number of nitrogens with zero attached hydrogens (tertiary/aromatic N) is 2. The van der Waals surface area contributed by atoms with E-state index in [0.717, 1.165) is 22.5 Å². The second-order valence-corrected chi connectivity index (χ2v) is 6.88. The fourth-order valence-electron chi connectivity index (χ4n) is 2.07. The molecule has 2 aromatic rings. The zero-order valence-electron chi connectivity index (χ0n) is 12.4. The van der Waals surface area contributed by atoms with Gasteiger partial charge in [0.15, 0.2) is 0 Å². The Morgan fingerprint density at radius 1 is 1.04 bits per heavy atom. The van der Waals surface area contributed by atoms with Crippen LogP contribution in [0, 0.1) is 11.3 Å². The minimum atomic E-state index is -4.65. The van der Waals surface area contributed by atoms with Crippen LogP contribution in [-0.4, -0.2) is 19.3 Å². The number of hydrogen-bond donors (Lipinski definition) is 0. The monoisotopic (exact) mass is 354 g/mol. The van der Waals surface area contributed by atoms with E-state index in [1.54, 1.807) is 36.4 Å². The Kier molecular flexibility index (Phi) is 5.26. The number of sulfonamides is 1. The van der Waals surface area contributed by atoms with Crippen LogP contribution in [0.5, 0.6) is 0 Å². The second kappa shape index (κ2) is 7.03. The SMILES string of the molecule is N#CCN(Cc1ccccc1)S(=O)(=O)c1cccc(C(F)(F)F)c1. The highest BCUT2D eigenvalue weighted by atomic mass is 32.2. The Balaban J connectivity index is 2.40. The maximum atomic E-state index is 12.8. The van der Waals surface area contributed by atoms with E-state index in [9.17, 15) is 21.6 Å². The largest absolute Gasteiger partial charge is 0.416 e. The number of rotatable bonds is 5. The highest BCUT2D eigenvalue weighted by Gasteiger charge is 2.33. The smallest absolute Gasteiger partial charge is 0.207 e. The van der Waals surface area contributed by atoms with E-state index in [2.05, 4.69) is 0 Å². The van der Waals surface area contributed by atoms with Gasteiger partial charge in [-0.3, -0.25) is 0 Å². The highest BCUT2D eigenvalue weighted by molar-refractivity contribution is 7.89. The van der Waals surface area contributed by atoms with Crippen LogP contribution in [-0.2, 0) is 22.7 Å². The first kappa shape index (κ1) is 18.0. The van der Waals surface area contributed by atoms with Crippen molar-refractivity contribution in [1.82, 2.24) is 4.31 Å². The van der Waals surface area contributed by atoms with Crippen molar-refractivity contribution < 1.29 is 21.6 Å². The summed E-state index contributed by atoms with van der Waals surface area (Å²) in [6.07, 6.45) is -4.65. The quantitative estimate of drug-likeness (QED) is 0.773. The predicted octanol–water partition coefficient (Wildman–Crippen LogP) is 3.42. The molecule has 0 saturated carbocycles. The molecule has 0 saturated heterocycles. The average Bonchev–Trinajstić information content (AvgIpc) is 2.55. The van der Waals surface area contributed by atoms with Gasteiger partial charge in [-0.05, 0) is 23.8 Å². The van der Waals surface area contributed by atoms with E-state index in [0.29, 0.717) is 11.6 Å². The summed E-state index contributed by atoms with van der Waals surface area (Å²) in [5, 5.41) is 8.87. The summed E-state index contributed by atoms with van der Waals surface area (Å²) in [7, 11) is -4.23. The summed E-state index contributed by atoms with van der Waals surface area (Å²) in [6, 6.07) is 13.7. The molecule has 0 bridgehead atoms. The normalized spacial score (nSPS) is 12.1. The lowest BCUT2D eigenvalue weighted by atomic mass is 10.2. The van der Waals surface area contributed by atoms with E-state index < -0.39 is 33.2 Å². The minimum Gasteiger partial charge on any atom is -0.207 e. The Hall–Kier alpha value is -2.37. The molecule has 0 radical (unpaired) electrons. The second-order valence-electron chi connectivity index (χ2n) is 4.94. The molecule has 0 heterocycles. The molecule has 0 fully saturated rings. The van der Waals surface area contributed by atoms with Crippen LogP contribution >= 0.6 is 0 Å². The van der Waals surface area contributed by atoms with Crippen molar-refractivity contribution >= 4 is 10.0 Å². The Labute approximate surface area is 137 Å². The first-order chi connectivity index (χ1) is 11.2. The fourth-order valence-corrected chi connectivity index (χ4v) is 3.45. The summed E-state index contributed by atoms with van der Waals surface area (Å²) in [5.41, 5.74) is -0.427. The predicted molar refractivity (Wildman–Crippen MR) is 81.1 cm³/mol. The van der Waals surface area contributed by atoms with Gasteiger partial charge in [-0.2, -0.15) is 22.7 Å². The number of hydrogen-bond acceptors (Lipinski definition) is 3. The zero-order chi connectivity index (χ0) is 17.8. The first-order valence-electron chi connectivity index (χ1n) is 6.83. The third kappa shape index (κ3) is 4.13. The van der Waals surface area contributed by atoms with E-state index in [1.165, 1.54) is 0 Å². The molecule has 0 atom stereocenters. The van der Waals surface area contributed by atoms with Crippen LogP contribution in [0.3, 0.4) is 0 Å². The van der Waals surface area contributed by atoms with Crippen molar-refractivity contribution in [1.29, 1.82) is 5.26 Å². The summed E-state index contributed by atoms with van der Waals surface area (Å²) in [6.45, 7) is -0.569. The molecule has 0 aromatic heterocycles. The van der Waals surface area contributed by atoms with Crippen molar-refractivity contribution in [2.45, 2.75) is 17.6 Å². The molecule has 2 rings (SSSR count). The van der Waals surface area contributed by atoms with Gasteiger partial charge in [0.2, 0.25) is 10.0 Å². The number of benzene rings is 2. The Morgan fingerprint density at radius 3 is 2.29 bits per heavy atom. The molecule has 126 valence electrons. The molecule has 2 aromatic carbocycles. The molecule has 24 heavy (non-hydrogen) atoms. The van der Waals surface area contributed by atoms with Gasteiger partial charge >= 0.3 is 6.18 Å². The lowest BCUT2D eigenvalue weighted by Gasteiger charge is -2.20. The van der Waals surface area contributed by atoms with E-state index in [4.69, 9.17) is 5.26 Å². The van der Waals surface area contributed by atoms with Crippen molar-refractivity contribution in [2.24, 2.45) is 0 Å². The van der Waals surface area contributed by atoms with Crippen LogP contribution in [0.4, 0.5) is 13.2 Å². The van der Waals surface area contributed by atoms with Gasteiger partial charge in [0, 0.05) is 6.54 Å². The van der Waals surface area contributed by atoms with Gasteiger partial charge in [0.05, 0.1) is 16.5 Å². The third-order valence-corrected chi connectivity index (χ3v) is 5.04. The highest BCUT2D eigenvalue weighted by Crippen LogP contribution is 2.31. The molecule has 0 aliphatic carbocycles. The first-order valence-corrected chi connectivity index (χ1v) is 8.27. The third-order valence-electron chi connectivity index (χ3n) is 3.25. The van der Waals surface area contributed by atoms with Gasteiger partial charge in [0.25, 0.3) is 0 Å². The van der Waals surface area contributed by atoms with Gasteiger partial charge in [-0.15, -0.1) is 0 Å². The number of alkyl halides is 3. The summed E-state index contributed by atoms with van der Waals surface area (Å²) >= 11 is 0. The van der Waals surface area contributed by atoms with E-state index in [1.807, 2.05) is 0 Å². The Morgan fingerprint density at radius 2 is 1.71 bits per heavy atom. The molecular formula is C16H13F3N2O2S. The fraction of sp³-hybridized carbons (Fsp3) is 0.188. The van der Waals surface area contributed by atoms with Crippen molar-refractivity contribution in [2.75, 3.05) is 6.54 Å². The van der Waals surface area contributed by atoms with Gasteiger partial charge in [-0.1, -0.05) is 36.4 Å². The maximum absolute atomic E-state index is 12.8. The molecule has 0 N–H and O–H groups in total. The van der Waals surface area contributed by atoms with Crippen LogP contribution < -0.4 is 0 Å². The van der Waals surface area contributed by atoms with Crippen molar-refractivity contribution in [3.8, 4) is 6.07 Å². The molecule has 4 nitrogen and oxygen atoms in total. The van der Waals surface area contributed by atoms with E-state index in [-0.39, 0.29) is 6.54 Å². The average molecular weight is 354 g/mol. The molecule has 0 aliphatic heterocycles. The van der Waals surface area contributed by atoms with Crippen LogP contribution in [0.25, 0.3) is 0 Å². The van der Waals surface area contributed by atoms with Gasteiger partial charge in [-0.25, -0.2) is 8.42 Å². The van der Waals surface area contributed by atoms with Crippen molar-refractivity contribution in [3.63, 3.8) is 0 Å². The van der Waals surface area contributed by atoms with Crippen LogP contribution in [0.15, 0.2) is 59.5 Å². The molecule has 0 amide bonds. The number of halogens is 3. The summed E-state index contributed by atoms with van der Waals surface area (Å²) < 4.78 is 64.4. The van der Waals surface area contributed by atoms with E-state index >= 15 is 0 Å². The summed E-state index contributed by atoms with van der Waals surface area (Å²) in [4.78, 5) is -0.497. The summed E-state index contributed by atoms with van der Waals surface area (Å²) in [5.74, 6) is 0.